The lowest BCUT2D eigenvalue weighted by atomic mass is 10.5. The number of aliphatic hydroxyl groups excluding tert-OH is 1. The first-order chi connectivity index (χ1) is 4.79. The molecule has 0 bridgehead atoms. The number of aliphatic hydroxyl groups is 1. The Morgan fingerprint density at radius 2 is 1.73 bits per heavy atom. The molecule has 0 unspecified atom stereocenters. The van der Waals surface area contributed by atoms with Gasteiger partial charge in [0, 0.05) is 6.92 Å². The average Bonchev–Trinajstić information content (AvgIpc) is 1.58. The molecule has 0 aliphatic rings. The SMILES string of the molecule is CC(=O)S.C[N+](C)(C)CCO. The van der Waals surface area contributed by atoms with Gasteiger partial charge in [-0.3, -0.25) is 4.79 Å². The minimum Gasteiger partial charge on any atom is -0.391 e. The molecular weight excluding hydrogens is 162 g/mol. The highest BCUT2D eigenvalue weighted by molar-refractivity contribution is 7.96. The van der Waals surface area contributed by atoms with Crippen molar-refractivity contribution in [2.24, 2.45) is 0 Å². The van der Waals surface area contributed by atoms with Crippen LogP contribution in [0.4, 0.5) is 0 Å². The lowest BCUT2D eigenvalue weighted by Gasteiger charge is -2.21. The molecule has 0 aromatic heterocycles. The summed E-state index contributed by atoms with van der Waals surface area (Å²) in [4.78, 5) is 9.31. The fourth-order valence-electron chi connectivity index (χ4n) is 0.300. The van der Waals surface area contributed by atoms with Gasteiger partial charge in [-0.05, 0) is 0 Å². The molecule has 0 fully saturated rings. The highest BCUT2D eigenvalue weighted by Gasteiger charge is 2.02. The summed E-state index contributed by atoms with van der Waals surface area (Å²) < 4.78 is 0.844. The molecule has 1 N–H and O–H groups in total. The Hall–Kier alpha value is -0.0600. The molecule has 0 spiro atoms. The second-order valence-electron chi connectivity index (χ2n) is 3.26. The van der Waals surface area contributed by atoms with Crippen LogP contribution >= 0.6 is 12.6 Å². The number of likely N-dealkylation sites (N-methyl/N-ethyl adjacent to an activating group) is 1. The molecule has 0 radical (unpaired) electrons. The molecule has 4 heteroatoms. The summed E-state index contributed by atoms with van der Waals surface area (Å²) in [6, 6.07) is 0. The molecule has 0 aromatic carbocycles. The quantitative estimate of drug-likeness (QED) is 0.469. The predicted octanol–water partition coefficient (Wildman–Crippen LogP) is 0.148. The van der Waals surface area contributed by atoms with Gasteiger partial charge in [0.1, 0.15) is 6.54 Å². The number of thiol groups is 1. The van der Waals surface area contributed by atoms with Gasteiger partial charge < -0.3 is 9.59 Å². The minimum atomic E-state index is -0.139. The third-order valence-corrected chi connectivity index (χ3v) is 0.771. The second-order valence-corrected chi connectivity index (χ2v) is 3.89. The standard InChI is InChI=1S/C5H14NO.C2H4OS/c1-6(2,3)4-5-7;1-2(3)4/h7H,4-5H2,1-3H3;1H3,(H,3,4)/q+1;. The molecule has 0 atom stereocenters. The van der Waals surface area contributed by atoms with E-state index in [2.05, 4.69) is 33.8 Å². The zero-order chi connectivity index (χ0) is 9.49. The predicted molar refractivity (Wildman–Crippen MR) is 49.7 cm³/mol. The number of carbonyl (C=O) groups excluding carboxylic acids is 1. The molecule has 0 saturated carbocycles. The fourth-order valence-corrected chi connectivity index (χ4v) is 0.300. The monoisotopic (exact) mass is 180 g/mol. The van der Waals surface area contributed by atoms with E-state index in [0.29, 0.717) is 0 Å². The average molecular weight is 180 g/mol. The topological polar surface area (TPSA) is 37.3 Å². The van der Waals surface area contributed by atoms with Crippen molar-refractivity contribution in [2.75, 3.05) is 34.3 Å². The first-order valence-corrected chi connectivity index (χ1v) is 3.85. The number of hydrogen-bond acceptors (Lipinski definition) is 2. The molecule has 0 aliphatic carbocycles. The van der Waals surface area contributed by atoms with E-state index in [1.807, 2.05) is 0 Å². The van der Waals surface area contributed by atoms with Crippen LogP contribution in [0.5, 0.6) is 0 Å². The van der Waals surface area contributed by atoms with Crippen LogP contribution in [0.1, 0.15) is 6.92 Å². The summed E-state index contributed by atoms with van der Waals surface area (Å²) in [5, 5.41) is 8.25. The zero-order valence-corrected chi connectivity index (χ0v) is 8.56. The van der Waals surface area contributed by atoms with E-state index >= 15 is 0 Å². The van der Waals surface area contributed by atoms with E-state index in [9.17, 15) is 4.79 Å². The molecule has 0 aliphatic heterocycles. The maximum Gasteiger partial charge on any atom is 0.182 e. The lowest BCUT2D eigenvalue weighted by molar-refractivity contribution is -0.870. The van der Waals surface area contributed by atoms with Crippen molar-refractivity contribution < 1.29 is 14.4 Å². The van der Waals surface area contributed by atoms with E-state index in [1.54, 1.807) is 0 Å². The number of rotatable bonds is 2. The Labute approximate surface area is 74.0 Å². The third kappa shape index (κ3) is 40.4. The van der Waals surface area contributed by atoms with Gasteiger partial charge in [0.25, 0.3) is 0 Å². The summed E-state index contributed by atoms with van der Waals surface area (Å²) in [5.74, 6) is 0. The summed E-state index contributed by atoms with van der Waals surface area (Å²) in [6.07, 6.45) is 0. The van der Waals surface area contributed by atoms with Crippen molar-refractivity contribution >= 4 is 17.7 Å². The third-order valence-electron chi connectivity index (χ3n) is 0.771. The normalized spacial score (nSPS) is 10.0. The van der Waals surface area contributed by atoms with Crippen molar-refractivity contribution in [3.63, 3.8) is 0 Å². The van der Waals surface area contributed by atoms with Gasteiger partial charge in [0.2, 0.25) is 0 Å². The van der Waals surface area contributed by atoms with E-state index < -0.39 is 0 Å². The Balaban J connectivity index is 0. The number of carbonyl (C=O) groups is 1. The van der Waals surface area contributed by atoms with Crippen molar-refractivity contribution in [1.82, 2.24) is 0 Å². The molecule has 0 saturated heterocycles. The maximum atomic E-state index is 9.31. The number of quaternary nitrogens is 1. The number of nitrogens with zero attached hydrogens (tertiary/aromatic N) is 1. The molecule has 11 heavy (non-hydrogen) atoms. The second kappa shape index (κ2) is 6.64. The van der Waals surface area contributed by atoms with Crippen molar-refractivity contribution in [3.05, 3.63) is 0 Å². The van der Waals surface area contributed by atoms with E-state index in [0.717, 1.165) is 11.0 Å². The number of hydrogen-bond donors (Lipinski definition) is 2. The van der Waals surface area contributed by atoms with Gasteiger partial charge in [-0.15, -0.1) is 12.6 Å². The molecular formula is C7H18NO2S+. The summed E-state index contributed by atoms with van der Waals surface area (Å²) in [5.41, 5.74) is 0. The summed E-state index contributed by atoms with van der Waals surface area (Å²) in [6.45, 7) is 2.51. The van der Waals surface area contributed by atoms with Crippen molar-refractivity contribution in [2.45, 2.75) is 6.92 Å². The Morgan fingerprint density at radius 1 is 1.45 bits per heavy atom. The van der Waals surface area contributed by atoms with Crippen LogP contribution in [0, 0.1) is 0 Å². The lowest BCUT2D eigenvalue weighted by Crippen LogP contribution is -2.36. The van der Waals surface area contributed by atoms with Gasteiger partial charge in [-0.25, -0.2) is 0 Å². The Kier molecular flexibility index (Phi) is 8.16. The smallest absolute Gasteiger partial charge is 0.182 e. The van der Waals surface area contributed by atoms with Crippen LogP contribution in [0.25, 0.3) is 0 Å². The van der Waals surface area contributed by atoms with Gasteiger partial charge >= 0.3 is 0 Å². The largest absolute Gasteiger partial charge is 0.391 e. The van der Waals surface area contributed by atoms with Crippen LogP contribution in [0.2, 0.25) is 0 Å². The molecule has 0 rings (SSSR count). The van der Waals surface area contributed by atoms with Crippen LogP contribution in [-0.2, 0) is 4.79 Å². The molecule has 0 aromatic rings. The molecule has 3 nitrogen and oxygen atoms in total. The summed E-state index contributed by atoms with van der Waals surface area (Å²) in [7, 11) is 6.16. The van der Waals surface area contributed by atoms with Crippen molar-refractivity contribution in [3.8, 4) is 0 Å². The fraction of sp³-hybridized carbons (Fsp3) is 0.857. The highest BCUT2D eigenvalue weighted by Crippen LogP contribution is 1.84. The van der Waals surface area contributed by atoms with Gasteiger partial charge in [-0.1, -0.05) is 0 Å². The Morgan fingerprint density at radius 3 is 1.73 bits per heavy atom. The van der Waals surface area contributed by atoms with E-state index in [4.69, 9.17) is 5.11 Å². The van der Waals surface area contributed by atoms with E-state index in [-0.39, 0.29) is 11.7 Å². The highest BCUT2D eigenvalue weighted by atomic mass is 32.1. The van der Waals surface area contributed by atoms with Crippen LogP contribution in [0.3, 0.4) is 0 Å². The van der Waals surface area contributed by atoms with Gasteiger partial charge in [0.05, 0.1) is 27.7 Å². The van der Waals surface area contributed by atoms with Crippen molar-refractivity contribution in [1.29, 1.82) is 0 Å². The first kappa shape index (κ1) is 13.5. The Bertz CT molecular complexity index is 105. The van der Waals surface area contributed by atoms with Crippen LogP contribution in [0.15, 0.2) is 0 Å². The van der Waals surface area contributed by atoms with Gasteiger partial charge in [-0.2, -0.15) is 0 Å². The van der Waals surface area contributed by atoms with Crippen LogP contribution < -0.4 is 0 Å². The summed E-state index contributed by atoms with van der Waals surface area (Å²) >= 11 is 3.33. The van der Waals surface area contributed by atoms with E-state index in [1.165, 1.54) is 6.92 Å². The molecule has 68 valence electrons. The minimum absolute atomic E-state index is 0.139. The first-order valence-electron chi connectivity index (χ1n) is 3.40. The molecule has 0 amide bonds. The maximum absolute atomic E-state index is 9.31. The van der Waals surface area contributed by atoms with Crippen LogP contribution in [-0.4, -0.2) is 49.0 Å². The zero-order valence-electron chi connectivity index (χ0n) is 7.66. The van der Waals surface area contributed by atoms with Gasteiger partial charge in [0.15, 0.2) is 5.12 Å². The molecule has 0 heterocycles.